The Balaban J connectivity index is 2.65. The van der Waals surface area contributed by atoms with Crippen LogP contribution in [0.1, 0.15) is 19.8 Å². The molecule has 2 atom stereocenters. The third kappa shape index (κ3) is 6.33. The number of carboxylic acid groups (broad SMARTS) is 2. The van der Waals surface area contributed by atoms with Crippen LogP contribution in [0.2, 0.25) is 10.0 Å². The van der Waals surface area contributed by atoms with Gasteiger partial charge in [-0.25, -0.2) is 4.79 Å². The second-order valence-electron chi connectivity index (χ2n) is 4.83. The molecule has 0 saturated heterocycles. The normalized spacial score (nSPS) is 13.0. The molecule has 126 valence electrons. The summed E-state index contributed by atoms with van der Waals surface area (Å²) < 4.78 is 0. The van der Waals surface area contributed by atoms with Crippen LogP contribution in [-0.4, -0.2) is 40.1 Å². The van der Waals surface area contributed by atoms with Gasteiger partial charge in [0.05, 0.1) is 10.0 Å². The summed E-state index contributed by atoms with van der Waals surface area (Å²) in [4.78, 5) is 33.6. The van der Waals surface area contributed by atoms with E-state index in [-0.39, 0.29) is 12.8 Å². The van der Waals surface area contributed by atoms with E-state index in [1.807, 2.05) is 0 Å². The van der Waals surface area contributed by atoms with Crippen LogP contribution in [-0.2, 0) is 14.4 Å². The molecule has 0 spiro atoms. The molecule has 7 nitrogen and oxygen atoms in total. The Morgan fingerprint density at radius 1 is 1.17 bits per heavy atom. The van der Waals surface area contributed by atoms with Gasteiger partial charge < -0.3 is 20.8 Å². The van der Waals surface area contributed by atoms with Crippen molar-refractivity contribution in [2.45, 2.75) is 31.8 Å². The fourth-order valence-corrected chi connectivity index (χ4v) is 2.02. The third-order valence-electron chi connectivity index (χ3n) is 2.96. The molecule has 9 heteroatoms. The highest BCUT2D eigenvalue weighted by molar-refractivity contribution is 6.42. The lowest BCUT2D eigenvalue weighted by Crippen LogP contribution is -2.47. The first-order valence-electron chi connectivity index (χ1n) is 6.67. The lowest BCUT2D eigenvalue weighted by molar-refractivity contribution is -0.143. The van der Waals surface area contributed by atoms with Gasteiger partial charge >= 0.3 is 11.9 Å². The van der Waals surface area contributed by atoms with Gasteiger partial charge in [-0.1, -0.05) is 23.2 Å². The highest BCUT2D eigenvalue weighted by Gasteiger charge is 2.23. The van der Waals surface area contributed by atoms with Crippen molar-refractivity contribution in [1.29, 1.82) is 0 Å². The summed E-state index contributed by atoms with van der Waals surface area (Å²) in [6.07, 6.45) is -0.554. The zero-order valence-corrected chi connectivity index (χ0v) is 13.7. The number of carbonyl (C=O) groups excluding carboxylic acids is 1. The molecule has 1 unspecified atom stereocenters. The Hall–Kier alpha value is -1.99. The topological polar surface area (TPSA) is 116 Å². The van der Waals surface area contributed by atoms with E-state index in [0.717, 1.165) is 0 Å². The molecule has 0 aliphatic heterocycles. The molecule has 0 radical (unpaired) electrons. The second-order valence-corrected chi connectivity index (χ2v) is 5.64. The molecule has 1 aromatic rings. The molecule has 0 bridgehead atoms. The van der Waals surface area contributed by atoms with Gasteiger partial charge in [0.1, 0.15) is 12.1 Å². The van der Waals surface area contributed by atoms with Crippen molar-refractivity contribution in [2.24, 2.45) is 0 Å². The van der Waals surface area contributed by atoms with E-state index in [9.17, 15) is 14.4 Å². The molecule has 1 aromatic carbocycles. The fraction of sp³-hybridized carbons (Fsp3) is 0.357. The second kappa shape index (κ2) is 8.59. The number of hydrogen-bond acceptors (Lipinski definition) is 4. The van der Waals surface area contributed by atoms with Crippen molar-refractivity contribution >= 4 is 46.7 Å². The first-order valence-corrected chi connectivity index (χ1v) is 7.43. The third-order valence-corrected chi connectivity index (χ3v) is 3.70. The van der Waals surface area contributed by atoms with Crippen molar-refractivity contribution in [3.63, 3.8) is 0 Å². The lowest BCUT2D eigenvalue weighted by Gasteiger charge is -2.19. The summed E-state index contributed by atoms with van der Waals surface area (Å²) in [5.74, 6) is -3.00. The molecule has 0 saturated carbocycles. The van der Waals surface area contributed by atoms with Crippen LogP contribution < -0.4 is 10.6 Å². The number of nitrogens with one attached hydrogen (secondary N) is 2. The monoisotopic (exact) mass is 362 g/mol. The zero-order valence-electron chi connectivity index (χ0n) is 12.2. The number of carboxylic acids is 2. The van der Waals surface area contributed by atoms with Gasteiger partial charge in [0.25, 0.3) is 0 Å². The van der Waals surface area contributed by atoms with Crippen molar-refractivity contribution in [3.8, 4) is 0 Å². The van der Waals surface area contributed by atoms with Gasteiger partial charge in [0.15, 0.2) is 0 Å². The molecule has 1 rings (SSSR count). The van der Waals surface area contributed by atoms with Crippen molar-refractivity contribution in [2.75, 3.05) is 5.32 Å². The van der Waals surface area contributed by atoms with Gasteiger partial charge in [0, 0.05) is 12.1 Å². The highest BCUT2D eigenvalue weighted by Crippen LogP contribution is 2.25. The van der Waals surface area contributed by atoms with Crippen LogP contribution in [0, 0.1) is 0 Å². The summed E-state index contributed by atoms with van der Waals surface area (Å²) in [5, 5.41) is 23.4. The van der Waals surface area contributed by atoms with Crippen molar-refractivity contribution in [3.05, 3.63) is 28.2 Å². The number of aliphatic carboxylic acids is 2. The van der Waals surface area contributed by atoms with E-state index < -0.39 is 29.9 Å². The van der Waals surface area contributed by atoms with Crippen LogP contribution >= 0.6 is 23.2 Å². The summed E-state index contributed by atoms with van der Waals surface area (Å²) in [7, 11) is 0. The molecule has 0 heterocycles. The number of rotatable bonds is 8. The Kier molecular flexibility index (Phi) is 7.12. The minimum atomic E-state index is -1.29. The standard InChI is InChI=1S/C14H16Cl2N2O5/c1-7(17-8-2-3-9(15)10(16)6-8)13(21)18-11(14(22)23)4-5-12(19)20/h2-3,6-7,11,17H,4-5H2,1H3,(H,18,21)(H,19,20)(H,22,23)/t7?,11-/m0/s1. The molecule has 0 aromatic heterocycles. The predicted octanol–water partition coefficient (Wildman–Crippen LogP) is 2.23. The maximum atomic E-state index is 12.0. The number of carbonyl (C=O) groups is 3. The Labute approximate surface area is 142 Å². The number of anilines is 1. The minimum Gasteiger partial charge on any atom is -0.481 e. The van der Waals surface area contributed by atoms with Gasteiger partial charge in [-0.15, -0.1) is 0 Å². The molecule has 4 N–H and O–H groups in total. The van der Waals surface area contributed by atoms with E-state index in [1.54, 1.807) is 12.1 Å². The molecule has 1 amide bonds. The maximum Gasteiger partial charge on any atom is 0.326 e. The maximum absolute atomic E-state index is 12.0. The number of halogens is 2. The summed E-state index contributed by atoms with van der Waals surface area (Å²) in [6.45, 7) is 1.54. The van der Waals surface area contributed by atoms with Crippen LogP contribution in [0.25, 0.3) is 0 Å². The average molecular weight is 363 g/mol. The highest BCUT2D eigenvalue weighted by atomic mass is 35.5. The van der Waals surface area contributed by atoms with E-state index in [1.165, 1.54) is 13.0 Å². The van der Waals surface area contributed by atoms with E-state index in [4.69, 9.17) is 33.4 Å². The number of benzene rings is 1. The Morgan fingerprint density at radius 3 is 2.35 bits per heavy atom. The SMILES string of the molecule is CC(Nc1ccc(Cl)c(Cl)c1)C(=O)N[C@@H](CCC(=O)O)C(=O)O. The molecule has 0 fully saturated rings. The van der Waals surface area contributed by atoms with Crippen molar-refractivity contribution < 1.29 is 24.6 Å². The van der Waals surface area contributed by atoms with E-state index in [2.05, 4.69) is 10.6 Å². The number of amides is 1. The van der Waals surface area contributed by atoms with Crippen LogP contribution in [0.4, 0.5) is 5.69 Å². The predicted molar refractivity (Wildman–Crippen MR) is 86.0 cm³/mol. The quantitative estimate of drug-likeness (QED) is 0.563. The summed E-state index contributed by atoms with van der Waals surface area (Å²) in [5.41, 5.74) is 0.541. The van der Waals surface area contributed by atoms with Gasteiger partial charge in [0.2, 0.25) is 5.91 Å². The first kappa shape index (κ1) is 19.1. The van der Waals surface area contributed by atoms with E-state index >= 15 is 0 Å². The van der Waals surface area contributed by atoms with Gasteiger partial charge in [-0.3, -0.25) is 9.59 Å². The Bertz CT molecular complexity index is 609. The van der Waals surface area contributed by atoms with Crippen LogP contribution in [0.5, 0.6) is 0 Å². The smallest absolute Gasteiger partial charge is 0.326 e. The zero-order chi connectivity index (χ0) is 17.6. The first-order chi connectivity index (χ1) is 10.7. The average Bonchev–Trinajstić information content (AvgIpc) is 2.46. The fourth-order valence-electron chi connectivity index (χ4n) is 1.72. The van der Waals surface area contributed by atoms with Gasteiger partial charge in [-0.05, 0) is 31.5 Å². The lowest BCUT2D eigenvalue weighted by atomic mass is 10.1. The summed E-state index contributed by atoms with van der Waals surface area (Å²) >= 11 is 11.7. The minimum absolute atomic E-state index is 0.199. The van der Waals surface area contributed by atoms with E-state index in [0.29, 0.717) is 15.7 Å². The molecular formula is C14H16Cl2N2O5. The molecule has 0 aliphatic carbocycles. The largest absolute Gasteiger partial charge is 0.481 e. The van der Waals surface area contributed by atoms with Gasteiger partial charge in [-0.2, -0.15) is 0 Å². The van der Waals surface area contributed by atoms with Crippen molar-refractivity contribution in [1.82, 2.24) is 5.32 Å². The molecular weight excluding hydrogens is 347 g/mol. The molecule has 0 aliphatic rings. The number of hydrogen-bond donors (Lipinski definition) is 4. The molecule has 23 heavy (non-hydrogen) atoms. The summed E-state index contributed by atoms with van der Waals surface area (Å²) in [6, 6.07) is 2.70. The van der Waals surface area contributed by atoms with Crippen LogP contribution in [0.15, 0.2) is 18.2 Å². The van der Waals surface area contributed by atoms with Crippen LogP contribution in [0.3, 0.4) is 0 Å². The Morgan fingerprint density at radius 2 is 1.83 bits per heavy atom.